The smallest absolute Gasteiger partial charge is 0.0548 e. The van der Waals surface area contributed by atoms with E-state index >= 15 is 0 Å². The van der Waals surface area contributed by atoms with E-state index in [-0.39, 0.29) is 0 Å². The summed E-state index contributed by atoms with van der Waals surface area (Å²) in [6, 6.07) is 7.01. The summed E-state index contributed by atoms with van der Waals surface area (Å²) < 4.78 is 0.944. The van der Waals surface area contributed by atoms with Gasteiger partial charge >= 0.3 is 0 Å². The van der Waals surface area contributed by atoms with Crippen LogP contribution in [0.1, 0.15) is 31.9 Å². The Morgan fingerprint density at radius 3 is 2.72 bits per heavy atom. The highest BCUT2D eigenvalue weighted by atomic mass is 79.9. The molecule has 0 aliphatic carbocycles. The highest BCUT2D eigenvalue weighted by molar-refractivity contribution is 9.10. The van der Waals surface area contributed by atoms with Gasteiger partial charge in [0.25, 0.3) is 0 Å². The van der Waals surface area contributed by atoms with Crippen LogP contribution < -0.4 is 5.73 Å². The fraction of sp³-hybridized carbons (Fsp3) is 0.571. The lowest BCUT2D eigenvalue weighted by Crippen LogP contribution is -2.36. The molecule has 0 saturated carbocycles. The summed E-state index contributed by atoms with van der Waals surface area (Å²) in [5, 5.41) is 0.748. The number of halogens is 2. The maximum absolute atomic E-state index is 6.05. The fourth-order valence-corrected chi connectivity index (χ4v) is 3.46. The molecular weight excluding hydrogens is 312 g/mol. The normalized spacial score (nSPS) is 26.5. The average molecular weight is 332 g/mol. The Hall–Kier alpha value is -0.0900. The van der Waals surface area contributed by atoms with Gasteiger partial charge in [-0.05, 0) is 52.9 Å². The van der Waals surface area contributed by atoms with E-state index in [1.54, 1.807) is 0 Å². The Morgan fingerprint density at radius 2 is 2.22 bits per heavy atom. The molecule has 1 aliphatic heterocycles. The highest BCUT2D eigenvalue weighted by Gasteiger charge is 2.31. The van der Waals surface area contributed by atoms with Crippen LogP contribution in [0.15, 0.2) is 22.7 Å². The van der Waals surface area contributed by atoms with Gasteiger partial charge in [0.15, 0.2) is 0 Å². The van der Waals surface area contributed by atoms with Crippen LogP contribution in [0.3, 0.4) is 0 Å². The molecule has 4 heteroatoms. The van der Waals surface area contributed by atoms with Crippen LogP contribution in [-0.4, -0.2) is 24.0 Å². The number of benzene rings is 1. The van der Waals surface area contributed by atoms with Crippen LogP contribution in [0.5, 0.6) is 0 Å². The summed E-state index contributed by atoms with van der Waals surface area (Å²) in [5.74, 6) is 0.754. The van der Waals surface area contributed by atoms with E-state index in [1.165, 1.54) is 12.0 Å². The molecule has 1 aromatic carbocycles. The van der Waals surface area contributed by atoms with Crippen molar-refractivity contribution in [1.29, 1.82) is 0 Å². The minimum Gasteiger partial charge on any atom is -0.329 e. The van der Waals surface area contributed by atoms with Crippen molar-refractivity contribution in [2.24, 2.45) is 11.7 Å². The predicted molar refractivity (Wildman–Crippen MR) is 80.9 cm³/mol. The van der Waals surface area contributed by atoms with Crippen LogP contribution in [0, 0.1) is 5.92 Å². The first kappa shape index (κ1) is 14.3. The Labute approximate surface area is 123 Å². The highest BCUT2D eigenvalue weighted by Crippen LogP contribution is 2.33. The Bertz CT molecular complexity index is 424. The van der Waals surface area contributed by atoms with Crippen molar-refractivity contribution in [3.63, 3.8) is 0 Å². The van der Waals surface area contributed by atoms with Crippen molar-refractivity contribution in [3.8, 4) is 0 Å². The lowest BCUT2D eigenvalue weighted by molar-refractivity contribution is 0.192. The van der Waals surface area contributed by atoms with Gasteiger partial charge in [0, 0.05) is 29.6 Å². The van der Waals surface area contributed by atoms with E-state index < -0.39 is 0 Å². The summed E-state index contributed by atoms with van der Waals surface area (Å²) in [7, 11) is 0. The number of hydrogen-bond acceptors (Lipinski definition) is 2. The summed E-state index contributed by atoms with van der Waals surface area (Å²) in [6.45, 7) is 6.37. The monoisotopic (exact) mass is 330 g/mol. The van der Waals surface area contributed by atoms with Gasteiger partial charge in [0.2, 0.25) is 0 Å². The minimum atomic E-state index is 0.290. The van der Waals surface area contributed by atoms with Gasteiger partial charge in [-0.1, -0.05) is 24.6 Å². The van der Waals surface area contributed by atoms with Gasteiger partial charge in [-0.15, -0.1) is 0 Å². The molecule has 2 nitrogen and oxygen atoms in total. The molecule has 1 fully saturated rings. The number of nitrogens with zero attached hydrogens (tertiary/aromatic N) is 1. The number of hydrogen-bond donors (Lipinski definition) is 1. The Kier molecular flexibility index (Phi) is 4.70. The van der Waals surface area contributed by atoms with Gasteiger partial charge in [0.1, 0.15) is 0 Å². The van der Waals surface area contributed by atoms with Gasteiger partial charge in [-0.2, -0.15) is 0 Å². The SMILES string of the molecule is CC1CC(C)N(C(CN)c2ccc(Cl)c(Br)c2)C1. The molecule has 0 amide bonds. The van der Waals surface area contributed by atoms with Gasteiger partial charge < -0.3 is 5.73 Å². The van der Waals surface area contributed by atoms with Crippen LogP contribution in [0.25, 0.3) is 0 Å². The lowest BCUT2D eigenvalue weighted by Gasteiger charge is -2.31. The van der Waals surface area contributed by atoms with Crippen molar-refractivity contribution < 1.29 is 0 Å². The van der Waals surface area contributed by atoms with E-state index in [4.69, 9.17) is 17.3 Å². The van der Waals surface area contributed by atoms with Gasteiger partial charge in [-0.25, -0.2) is 0 Å². The molecule has 3 atom stereocenters. The second-order valence-corrected chi connectivity index (χ2v) is 6.57. The second-order valence-electron chi connectivity index (χ2n) is 5.31. The summed E-state index contributed by atoms with van der Waals surface area (Å²) >= 11 is 9.54. The van der Waals surface area contributed by atoms with Crippen LogP contribution in [0.4, 0.5) is 0 Å². The third-order valence-corrected chi connectivity index (χ3v) is 5.00. The van der Waals surface area contributed by atoms with Gasteiger partial charge in [0.05, 0.1) is 5.02 Å². The Balaban J connectivity index is 2.25. The molecule has 3 unspecified atom stereocenters. The van der Waals surface area contributed by atoms with Crippen molar-refractivity contribution in [2.45, 2.75) is 32.4 Å². The molecule has 2 rings (SSSR count). The molecule has 1 aromatic rings. The van der Waals surface area contributed by atoms with Crippen LogP contribution in [-0.2, 0) is 0 Å². The van der Waals surface area contributed by atoms with Crippen molar-refractivity contribution >= 4 is 27.5 Å². The molecule has 0 aromatic heterocycles. The Morgan fingerprint density at radius 1 is 1.50 bits per heavy atom. The van der Waals surface area contributed by atoms with E-state index in [1.807, 2.05) is 6.07 Å². The summed E-state index contributed by atoms with van der Waals surface area (Å²) in [6.07, 6.45) is 1.26. The molecule has 1 saturated heterocycles. The topological polar surface area (TPSA) is 29.3 Å². The van der Waals surface area contributed by atoms with Gasteiger partial charge in [-0.3, -0.25) is 4.90 Å². The first-order valence-electron chi connectivity index (χ1n) is 6.43. The second kappa shape index (κ2) is 5.91. The largest absolute Gasteiger partial charge is 0.329 e. The predicted octanol–water partition coefficient (Wildman–Crippen LogP) is 3.83. The molecular formula is C14H20BrClN2. The van der Waals surface area contributed by atoms with Crippen molar-refractivity contribution in [3.05, 3.63) is 33.3 Å². The van der Waals surface area contributed by atoms with E-state index in [2.05, 4.69) is 46.8 Å². The molecule has 2 N–H and O–H groups in total. The van der Waals surface area contributed by atoms with Crippen LogP contribution in [0.2, 0.25) is 5.02 Å². The fourth-order valence-electron chi connectivity index (χ4n) is 2.95. The standard InChI is InChI=1S/C14H20BrClN2/c1-9-5-10(2)18(8-9)14(7-17)11-3-4-13(16)12(15)6-11/h3-4,6,9-10,14H,5,7-8,17H2,1-2H3. The minimum absolute atomic E-state index is 0.290. The lowest BCUT2D eigenvalue weighted by atomic mass is 10.0. The van der Waals surface area contributed by atoms with E-state index in [0.717, 1.165) is 22.0 Å². The first-order chi connectivity index (χ1) is 8.52. The van der Waals surface area contributed by atoms with E-state index in [0.29, 0.717) is 18.6 Å². The summed E-state index contributed by atoms with van der Waals surface area (Å²) in [5.41, 5.74) is 7.24. The number of rotatable bonds is 3. The molecule has 1 heterocycles. The molecule has 18 heavy (non-hydrogen) atoms. The zero-order valence-electron chi connectivity index (χ0n) is 10.9. The van der Waals surface area contributed by atoms with Crippen molar-refractivity contribution in [1.82, 2.24) is 4.90 Å². The average Bonchev–Trinajstić information content (AvgIpc) is 2.64. The number of nitrogens with two attached hydrogens (primary N) is 1. The summed E-state index contributed by atoms with van der Waals surface area (Å²) in [4.78, 5) is 2.51. The van der Waals surface area contributed by atoms with Crippen LogP contribution >= 0.6 is 27.5 Å². The zero-order valence-corrected chi connectivity index (χ0v) is 13.2. The third kappa shape index (κ3) is 2.90. The number of likely N-dealkylation sites (tertiary alicyclic amines) is 1. The molecule has 100 valence electrons. The molecule has 1 aliphatic rings. The zero-order chi connectivity index (χ0) is 13.3. The molecule has 0 spiro atoms. The quantitative estimate of drug-likeness (QED) is 0.912. The third-order valence-electron chi connectivity index (χ3n) is 3.78. The maximum atomic E-state index is 6.05. The molecule has 0 radical (unpaired) electrons. The van der Waals surface area contributed by atoms with Crippen molar-refractivity contribution in [2.75, 3.05) is 13.1 Å². The van der Waals surface area contributed by atoms with E-state index in [9.17, 15) is 0 Å². The first-order valence-corrected chi connectivity index (χ1v) is 7.60. The molecule has 0 bridgehead atoms. The maximum Gasteiger partial charge on any atom is 0.0548 e.